The highest BCUT2D eigenvalue weighted by atomic mass is 16.5. The minimum Gasteiger partial charge on any atom is -0.465 e. The second-order valence-electron chi connectivity index (χ2n) is 6.70. The van der Waals surface area contributed by atoms with Crippen LogP contribution in [0.25, 0.3) is 0 Å². The van der Waals surface area contributed by atoms with Crippen LogP contribution in [0.5, 0.6) is 0 Å². The number of hydrogen-bond acceptors (Lipinski definition) is 4. The van der Waals surface area contributed by atoms with Crippen LogP contribution in [0.1, 0.15) is 91.9 Å². The molecule has 0 rings (SSSR count). The van der Waals surface area contributed by atoms with E-state index in [0.29, 0.717) is 25.0 Å². The summed E-state index contributed by atoms with van der Waals surface area (Å²) >= 11 is 0. The van der Waals surface area contributed by atoms with Crippen LogP contribution in [0.15, 0.2) is 0 Å². The molecule has 0 aromatic carbocycles. The van der Waals surface area contributed by atoms with E-state index in [-0.39, 0.29) is 24.8 Å². The van der Waals surface area contributed by atoms with Crippen LogP contribution in [0.3, 0.4) is 0 Å². The maximum atomic E-state index is 11.7. The molecule has 4 nitrogen and oxygen atoms in total. The van der Waals surface area contributed by atoms with Crippen molar-refractivity contribution in [1.29, 1.82) is 0 Å². The first-order valence-corrected chi connectivity index (χ1v) is 9.88. The van der Waals surface area contributed by atoms with Gasteiger partial charge in [-0.3, -0.25) is 9.59 Å². The Morgan fingerprint density at radius 3 is 1.38 bits per heavy atom. The fourth-order valence-corrected chi connectivity index (χ4v) is 2.57. The first kappa shape index (κ1) is 22.9. The number of ether oxygens (including phenoxy) is 2. The van der Waals surface area contributed by atoms with E-state index in [4.69, 9.17) is 9.47 Å². The Kier molecular flexibility index (Phi) is 14.8. The molecule has 0 spiro atoms. The molecule has 0 aromatic rings. The molecule has 0 aliphatic rings. The molecule has 2 unspecified atom stereocenters. The van der Waals surface area contributed by atoms with Gasteiger partial charge >= 0.3 is 11.9 Å². The van der Waals surface area contributed by atoms with Crippen molar-refractivity contribution in [2.24, 2.45) is 11.8 Å². The Balaban J connectivity index is 3.86. The summed E-state index contributed by atoms with van der Waals surface area (Å²) in [5.41, 5.74) is 0. The molecule has 4 heteroatoms. The molecule has 0 N–H and O–H groups in total. The van der Waals surface area contributed by atoms with Gasteiger partial charge in [-0.05, 0) is 24.7 Å². The molecule has 142 valence electrons. The zero-order valence-corrected chi connectivity index (χ0v) is 16.3. The molecule has 0 aliphatic carbocycles. The fraction of sp³-hybridized carbons (Fsp3) is 0.900. The first-order valence-electron chi connectivity index (χ1n) is 9.88. The summed E-state index contributed by atoms with van der Waals surface area (Å²) in [5, 5.41) is 0. The van der Waals surface area contributed by atoms with E-state index in [1.54, 1.807) is 0 Å². The van der Waals surface area contributed by atoms with E-state index in [1.165, 1.54) is 12.8 Å². The summed E-state index contributed by atoms with van der Waals surface area (Å²) in [5.74, 6) is 0.286. The van der Waals surface area contributed by atoms with Gasteiger partial charge in [0.2, 0.25) is 0 Å². The van der Waals surface area contributed by atoms with Crippen molar-refractivity contribution in [3.63, 3.8) is 0 Å². The van der Waals surface area contributed by atoms with Crippen LogP contribution in [0, 0.1) is 11.8 Å². The average Bonchev–Trinajstić information content (AvgIpc) is 2.60. The zero-order valence-electron chi connectivity index (χ0n) is 16.3. The molecule has 0 aliphatic heterocycles. The molecule has 0 amide bonds. The number of carbonyl (C=O) groups is 2. The highest BCUT2D eigenvalue weighted by molar-refractivity contribution is 5.77. The van der Waals surface area contributed by atoms with E-state index < -0.39 is 0 Å². The summed E-state index contributed by atoms with van der Waals surface area (Å²) in [6, 6.07) is 0. The Morgan fingerprint density at radius 2 is 1.08 bits per heavy atom. The second-order valence-corrected chi connectivity index (χ2v) is 6.70. The monoisotopic (exact) mass is 342 g/mol. The molecule has 24 heavy (non-hydrogen) atoms. The maximum Gasteiger partial charge on any atom is 0.306 e. The highest BCUT2D eigenvalue weighted by Crippen LogP contribution is 2.14. The molecule has 0 fully saturated rings. The lowest BCUT2D eigenvalue weighted by molar-refractivity contribution is -0.151. The smallest absolute Gasteiger partial charge is 0.306 e. The molecule has 0 aromatic heterocycles. The number of esters is 2. The SMILES string of the molecule is CCCCC(CC)COC(=O)CCC(=O)OCC(CC)CCCC. The van der Waals surface area contributed by atoms with Crippen molar-refractivity contribution in [1.82, 2.24) is 0 Å². The summed E-state index contributed by atoms with van der Waals surface area (Å²) in [4.78, 5) is 23.5. The lowest BCUT2D eigenvalue weighted by Gasteiger charge is -2.15. The second kappa shape index (κ2) is 15.5. The van der Waals surface area contributed by atoms with E-state index in [1.807, 2.05) is 0 Å². The quantitative estimate of drug-likeness (QED) is 0.380. The van der Waals surface area contributed by atoms with Gasteiger partial charge in [0.15, 0.2) is 0 Å². The van der Waals surface area contributed by atoms with Crippen LogP contribution in [0.4, 0.5) is 0 Å². The van der Waals surface area contributed by atoms with Crippen LogP contribution in [-0.2, 0) is 19.1 Å². The van der Waals surface area contributed by atoms with Gasteiger partial charge in [0, 0.05) is 0 Å². The van der Waals surface area contributed by atoms with Crippen molar-refractivity contribution in [3.8, 4) is 0 Å². The van der Waals surface area contributed by atoms with Gasteiger partial charge in [0.25, 0.3) is 0 Å². The number of carbonyl (C=O) groups excluding carboxylic acids is 2. The van der Waals surface area contributed by atoms with Gasteiger partial charge in [-0.15, -0.1) is 0 Å². The lowest BCUT2D eigenvalue weighted by atomic mass is 10.0. The maximum absolute atomic E-state index is 11.7. The Morgan fingerprint density at radius 1 is 0.708 bits per heavy atom. The largest absolute Gasteiger partial charge is 0.465 e. The van der Waals surface area contributed by atoms with Gasteiger partial charge in [0.05, 0.1) is 26.1 Å². The summed E-state index contributed by atoms with van der Waals surface area (Å²) < 4.78 is 10.6. The molecular formula is C20H38O4. The van der Waals surface area contributed by atoms with Crippen LogP contribution in [-0.4, -0.2) is 25.2 Å². The predicted octanol–water partition coefficient (Wildman–Crippen LogP) is 5.29. The van der Waals surface area contributed by atoms with E-state index in [2.05, 4.69) is 27.7 Å². The molecule has 0 radical (unpaired) electrons. The third kappa shape index (κ3) is 12.4. The molecule has 0 saturated carbocycles. The van der Waals surface area contributed by atoms with Crippen molar-refractivity contribution in [2.75, 3.05) is 13.2 Å². The van der Waals surface area contributed by atoms with Crippen LogP contribution in [0.2, 0.25) is 0 Å². The summed E-state index contributed by atoms with van der Waals surface area (Å²) in [6.07, 6.45) is 9.12. The average molecular weight is 343 g/mol. The third-order valence-electron chi connectivity index (χ3n) is 4.58. The third-order valence-corrected chi connectivity index (χ3v) is 4.58. The van der Waals surface area contributed by atoms with E-state index in [0.717, 1.165) is 38.5 Å². The van der Waals surface area contributed by atoms with Crippen molar-refractivity contribution in [2.45, 2.75) is 91.9 Å². The Bertz CT molecular complexity index is 296. The van der Waals surface area contributed by atoms with Crippen LogP contribution < -0.4 is 0 Å². The van der Waals surface area contributed by atoms with Crippen LogP contribution >= 0.6 is 0 Å². The first-order chi connectivity index (χ1) is 11.6. The summed E-state index contributed by atoms with van der Waals surface area (Å²) in [7, 11) is 0. The minimum absolute atomic E-state index is 0.120. The van der Waals surface area contributed by atoms with Gasteiger partial charge in [-0.1, -0.05) is 66.2 Å². The number of unbranched alkanes of at least 4 members (excludes halogenated alkanes) is 2. The van der Waals surface area contributed by atoms with Gasteiger partial charge in [-0.25, -0.2) is 0 Å². The Labute approximate surface area is 148 Å². The van der Waals surface area contributed by atoms with Gasteiger partial charge < -0.3 is 9.47 Å². The molecule has 2 atom stereocenters. The molecule has 0 saturated heterocycles. The highest BCUT2D eigenvalue weighted by Gasteiger charge is 2.14. The zero-order chi connectivity index (χ0) is 18.2. The number of hydrogen-bond donors (Lipinski definition) is 0. The fourth-order valence-electron chi connectivity index (χ4n) is 2.57. The number of rotatable bonds is 15. The van der Waals surface area contributed by atoms with E-state index in [9.17, 15) is 9.59 Å². The van der Waals surface area contributed by atoms with Gasteiger partial charge in [-0.2, -0.15) is 0 Å². The lowest BCUT2D eigenvalue weighted by Crippen LogP contribution is -2.17. The minimum atomic E-state index is -0.292. The molecule has 0 heterocycles. The van der Waals surface area contributed by atoms with Gasteiger partial charge in [0.1, 0.15) is 0 Å². The van der Waals surface area contributed by atoms with Crippen molar-refractivity contribution < 1.29 is 19.1 Å². The topological polar surface area (TPSA) is 52.6 Å². The predicted molar refractivity (Wildman–Crippen MR) is 97.8 cm³/mol. The summed E-state index contributed by atoms with van der Waals surface area (Å²) in [6.45, 7) is 9.51. The normalized spacial score (nSPS) is 13.3. The van der Waals surface area contributed by atoms with Crippen molar-refractivity contribution in [3.05, 3.63) is 0 Å². The molecular weight excluding hydrogens is 304 g/mol. The Hall–Kier alpha value is -1.06. The standard InChI is InChI=1S/C20H38O4/c1-5-9-11-17(7-3)15-23-19(21)13-14-20(22)24-16-18(8-4)12-10-6-2/h17-18H,5-16H2,1-4H3. The molecule has 0 bridgehead atoms. The van der Waals surface area contributed by atoms with Crippen molar-refractivity contribution >= 4 is 11.9 Å². The van der Waals surface area contributed by atoms with E-state index >= 15 is 0 Å².